The lowest BCUT2D eigenvalue weighted by Crippen LogP contribution is -2.30. The molecule has 2 atom stereocenters. The highest BCUT2D eigenvalue weighted by atomic mass is 19.1. The Kier molecular flexibility index (Phi) is 5.09. The minimum Gasteiger partial charge on any atom is -0.480 e. The van der Waals surface area contributed by atoms with E-state index in [4.69, 9.17) is 0 Å². The molecule has 4 aromatic rings. The van der Waals surface area contributed by atoms with Crippen molar-refractivity contribution < 1.29 is 19.1 Å². The van der Waals surface area contributed by atoms with Crippen molar-refractivity contribution in [2.75, 3.05) is 13.1 Å². The number of amides is 1. The van der Waals surface area contributed by atoms with Gasteiger partial charge >= 0.3 is 5.97 Å². The molecule has 2 aliphatic rings. The molecule has 2 unspecified atom stereocenters. The topological polar surface area (TPSA) is 75.4 Å². The van der Waals surface area contributed by atoms with Crippen molar-refractivity contribution in [3.8, 4) is 0 Å². The molecule has 7 heteroatoms. The summed E-state index contributed by atoms with van der Waals surface area (Å²) in [6.07, 6.45) is 1.81. The molecule has 1 amide bonds. The lowest BCUT2D eigenvalue weighted by Gasteiger charge is -2.20. The van der Waals surface area contributed by atoms with Gasteiger partial charge in [-0.15, -0.1) is 0 Å². The van der Waals surface area contributed by atoms with Crippen LogP contribution in [0.15, 0.2) is 54.6 Å². The summed E-state index contributed by atoms with van der Waals surface area (Å²) in [5.41, 5.74) is 4.01. The Bertz CT molecular complexity index is 1480. The van der Waals surface area contributed by atoms with Gasteiger partial charge in [-0.3, -0.25) is 9.59 Å². The van der Waals surface area contributed by atoms with E-state index in [1.165, 1.54) is 12.1 Å². The van der Waals surface area contributed by atoms with Gasteiger partial charge < -0.3 is 14.6 Å². The van der Waals surface area contributed by atoms with Crippen molar-refractivity contribution >= 4 is 33.7 Å². The highest BCUT2D eigenvalue weighted by molar-refractivity contribution is 5.95. The van der Waals surface area contributed by atoms with Crippen LogP contribution < -0.4 is 0 Å². The molecule has 3 heterocycles. The van der Waals surface area contributed by atoms with Gasteiger partial charge in [-0.2, -0.15) is 0 Å². The van der Waals surface area contributed by atoms with Gasteiger partial charge in [0, 0.05) is 35.1 Å². The number of nitrogens with zero attached hydrogens (tertiary/aromatic N) is 3. The third-order valence-electron chi connectivity index (χ3n) is 7.89. The average Bonchev–Trinajstić information content (AvgIpc) is 3.48. The maximum Gasteiger partial charge on any atom is 0.323 e. The van der Waals surface area contributed by atoms with E-state index >= 15 is 0 Å². The summed E-state index contributed by atoms with van der Waals surface area (Å²) < 4.78 is 15.9. The minimum atomic E-state index is -0.916. The first-order valence-corrected chi connectivity index (χ1v) is 12.0. The number of carboxylic acid groups (broad SMARTS) is 1. The second kappa shape index (κ2) is 8.18. The van der Waals surface area contributed by atoms with Crippen LogP contribution in [-0.2, 0) is 11.3 Å². The molecule has 6 rings (SSSR count). The third kappa shape index (κ3) is 3.66. The van der Waals surface area contributed by atoms with Gasteiger partial charge in [0.2, 0.25) is 0 Å². The Hall–Kier alpha value is -3.74. The summed E-state index contributed by atoms with van der Waals surface area (Å²) in [4.78, 5) is 31.2. The van der Waals surface area contributed by atoms with Crippen LogP contribution in [0.25, 0.3) is 21.8 Å². The Morgan fingerprint density at radius 3 is 2.54 bits per heavy atom. The van der Waals surface area contributed by atoms with Gasteiger partial charge in [-0.1, -0.05) is 24.3 Å². The molecule has 2 fully saturated rings. The van der Waals surface area contributed by atoms with Gasteiger partial charge in [-0.05, 0) is 73.4 Å². The number of carbonyl (C=O) groups is 2. The molecular weight excluding hydrogens is 445 g/mol. The lowest BCUT2D eigenvalue weighted by molar-refractivity contribution is -0.137. The Morgan fingerprint density at radius 2 is 1.80 bits per heavy atom. The van der Waals surface area contributed by atoms with E-state index < -0.39 is 5.97 Å². The zero-order chi connectivity index (χ0) is 24.3. The quantitative estimate of drug-likeness (QED) is 0.455. The molecule has 1 N–H and O–H groups in total. The first-order valence-electron chi connectivity index (χ1n) is 12.0. The molecule has 1 aliphatic carbocycles. The second-order valence-corrected chi connectivity index (χ2v) is 9.93. The van der Waals surface area contributed by atoms with Crippen LogP contribution in [0.3, 0.4) is 0 Å². The van der Waals surface area contributed by atoms with Crippen molar-refractivity contribution in [3.63, 3.8) is 0 Å². The second-order valence-electron chi connectivity index (χ2n) is 9.93. The van der Waals surface area contributed by atoms with Gasteiger partial charge in [0.05, 0.1) is 5.52 Å². The molecule has 178 valence electrons. The number of hydrogen-bond acceptors (Lipinski definition) is 3. The van der Waals surface area contributed by atoms with E-state index in [0.717, 1.165) is 45.9 Å². The van der Waals surface area contributed by atoms with Crippen LogP contribution in [0, 0.1) is 24.6 Å². The predicted molar refractivity (Wildman–Crippen MR) is 131 cm³/mol. The molecule has 1 saturated heterocycles. The van der Waals surface area contributed by atoms with Crippen molar-refractivity contribution in [2.45, 2.75) is 32.2 Å². The van der Waals surface area contributed by atoms with Crippen molar-refractivity contribution in [1.82, 2.24) is 14.5 Å². The summed E-state index contributed by atoms with van der Waals surface area (Å²) in [6, 6.07) is 16.1. The summed E-state index contributed by atoms with van der Waals surface area (Å²) in [5.74, 6) is -0.298. The minimum absolute atomic E-state index is 0.0296. The number of aromatic nitrogens is 2. The normalized spacial score (nSPS) is 21.7. The fraction of sp³-hybridized carbons (Fsp3) is 0.321. The van der Waals surface area contributed by atoms with E-state index in [9.17, 15) is 19.1 Å². The Labute approximate surface area is 202 Å². The number of para-hydroxylation sites is 1. The third-order valence-corrected chi connectivity index (χ3v) is 7.89. The highest BCUT2D eigenvalue weighted by Gasteiger charge is 2.44. The molecule has 0 spiro atoms. The summed E-state index contributed by atoms with van der Waals surface area (Å²) >= 11 is 0. The number of rotatable bonds is 4. The number of halogens is 1. The van der Waals surface area contributed by atoms with Gasteiger partial charge in [-0.25, -0.2) is 9.37 Å². The van der Waals surface area contributed by atoms with Crippen molar-refractivity contribution in [1.29, 1.82) is 0 Å². The van der Waals surface area contributed by atoms with Gasteiger partial charge in [0.25, 0.3) is 5.91 Å². The number of fused-ring (bicyclic) bond motifs is 3. The largest absolute Gasteiger partial charge is 0.480 e. The van der Waals surface area contributed by atoms with Crippen LogP contribution in [0.2, 0.25) is 0 Å². The fourth-order valence-electron chi connectivity index (χ4n) is 6.38. The van der Waals surface area contributed by atoms with E-state index in [-0.39, 0.29) is 24.2 Å². The molecule has 1 aliphatic heterocycles. The Balaban J connectivity index is 1.24. The van der Waals surface area contributed by atoms with Crippen molar-refractivity contribution in [2.24, 2.45) is 11.8 Å². The molecule has 0 bridgehead atoms. The zero-order valence-corrected chi connectivity index (χ0v) is 19.4. The smallest absolute Gasteiger partial charge is 0.323 e. The number of benzene rings is 2. The number of carboxylic acids is 1. The standard InChI is InChI=1S/C28H26FN3O3/c1-16-27(22-12-21(29)7-9-25(22)32(16)15-26(33)34)18-10-19-13-31(14-20(19)11-18)28(35)24-8-6-17-4-2-3-5-23(17)30-24/h2-9,12,18-20H,10-11,13-15H2,1H3,(H,33,34). The molecule has 6 nitrogen and oxygen atoms in total. The average molecular weight is 472 g/mol. The number of likely N-dealkylation sites (tertiary alicyclic amines) is 1. The SMILES string of the molecule is Cc1c(C2CC3CN(C(=O)c4ccc5ccccc5n4)CC3C2)c2cc(F)ccc2n1CC(=O)O. The number of pyridine rings is 1. The molecule has 35 heavy (non-hydrogen) atoms. The number of hydrogen-bond donors (Lipinski definition) is 1. The van der Waals surface area contributed by atoms with Gasteiger partial charge in [0.1, 0.15) is 18.1 Å². The number of aliphatic carboxylic acids is 1. The summed E-state index contributed by atoms with van der Waals surface area (Å²) in [5, 5.41) is 11.2. The molecule has 2 aromatic heterocycles. The van der Waals surface area contributed by atoms with Crippen LogP contribution in [-0.4, -0.2) is 44.5 Å². The molecule has 0 radical (unpaired) electrons. The van der Waals surface area contributed by atoms with E-state index in [1.807, 2.05) is 42.2 Å². The summed E-state index contributed by atoms with van der Waals surface area (Å²) in [6.45, 7) is 3.17. The lowest BCUT2D eigenvalue weighted by atomic mass is 9.93. The van der Waals surface area contributed by atoms with E-state index in [2.05, 4.69) is 4.98 Å². The summed E-state index contributed by atoms with van der Waals surface area (Å²) in [7, 11) is 0. The van der Waals surface area contributed by atoms with Crippen LogP contribution in [0.5, 0.6) is 0 Å². The van der Waals surface area contributed by atoms with Gasteiger partial charge in [0.15, 0.2) is 0 Å². The van der Waals surface area contributed by atoms with E-state index in [0.29, 0.717) is 30.6 Å². The van der Waals surface area contributed by atoms with Crippen LogP contribution in [0.4, 0.5) is 4.39 Å². The fourth-order valence-corrected chi connectivity index (χ4v) is 6.38. The highest BCUT2D eigenvalue weighted by Crippen LogP contribution is 2.49. The predicted octanol–water partition coefficient (Wildman–Crippen LogP) is 4.99. The monoisotopic (exact) mass is 471 g/mol. The van der Waals surface area contributed by atoms with Crippen LogP contribution in [0.1, 0.15) is 40.5 Å². The molecular formula is C28H26FN3O3. The zero-order valence-electron chi connectivity index (χ0n) is 19.4. The first kappa shape index (κ1) is 21.8. The Morgan fingerprint density at radius 1 is 1.06 bits per heavy atom. The maximum absolute atomic E-state index is 14.2. The van der Waals surface area contributed by atoms with E-state index in [1.54, 1.807) is 16.7 Å². The molecule has 1 saturated carbocycles. The van der Waals surface area contributed by atoms with Crippen molar-refractivity contribution in [3.05, 3.63) is 77.4 Å². The maximum atomic E-state index is 14.2. The first-order chi connectivity index (χ1) is 16.9. The number of carbonyl (C=O) groups excluding carboxylic acids is 1. The van der Waals surface area contributed by atoms with Crippen LogP contribution >= 0.6 is 0 Å². The molecule has 2 aromatic carbocycles.